The Labute approximate surface area is 96.6 Å². The van der Waals surface area contributed by atoms with Gasteiger partial charge >= 0.3 is 7.25 Å². The van der Waals surface area contributed by atoms with Gasteiger partial charge in [0.05, 0.1) is 14.1 Å². The summed E-state index contributed by atoms with van der Waals surface area (Å²) in [4.78, 5) is 0. The van der Waals surface area contributed by atoms with Gasteiger partial charge in [-0.25, -0.2) is 9.13 Å². The molecule has 0 saturated heterocycles. The van der Waals surface area contributed by atoms with Gasteiger partial charge in [-0.05, 0) is 12.1 Å². The van der Waals surface area contributed by atoms with E-state index in [0.29, 0.717) is 0 Å². The molecule has 1 heterocycles. The lowest BCUT2D eigenvalue weighted by Gasteiger charge is -1.94. The Morgan fingerprint density at radius 1 is 1.12 bits per heavy atom. The number of halogens is 4. The topological polar surface area (TPSA) is 8.81 Å². The van der Waals surface area contributed by atoms with Crippen LogP contribution in [0.15, 0.2) is 24.3 Å². The van der Waals surface area contributed by atoms with E-state index in [1.54, 1.807) is 0 Å². The van der Waals surface area contributed by atoms with Crippen LogP contribution in [0.3, 0.4) is 0 Å². The van der Waals surface area contributed by atoms with Crippen molar-refractivity contribution in [3.05, 3.63) is 30.1 Å². The van der Waals surface area contributed by atoms with E-state index in [4.69, 9.17) is 0 Å². The highest BCUT2D eigenvalue weighted by atomic mass is 19.5. The van der Waals surface area contributed by atoms with Crippen molar-refractivity contribution in [1.29, 1.82) is 0 Å². The van der Waals surface area contributed by atoms with Crippen molar-refractivity contribution < 1.29 is 21.8 Å². The Hall–Kier alpha value is -1.53. The molecule has 2 aromatic rings. The van der Waals surface area contributed by atoms with Crippen molar-refractivity contribution in [3.8, 4) is 0 Å². The molecule has 0 amide bonds. The van der Waals surface area contributed by atoms with Gasteiger partial charge in [-0.1, -0.05) is 12.1 Å². The van der Waals surface area contributed by atoms with Crippen LogP contribution in [-0.4, -0.2) is 11.8 Å². The third-order valence-corrected chi connectivity index (χ3v) is 2.58. The molecule has 0 saturated carbocycles. The van der Waals surface area contributed by atoms with E-state index in [1.807, 2.05) is 0 Å². The van der Waals surface area contributed by atoms with Crippen LogP contribution in [0.4, 0.5) is 17.3 Å². The lowest BCUT2D eigenvalue weighted by Crippen LogP contribution is -2.30. The van der Waals surface area contributed by atoms with Crippen LogP contribution in [0, 0.1) is 6.92 Å². The van der Waals surface area contributed by atoms with Gasteiger partial charge < -0.3 is 17.3 Å². The monoisotopic (exact) mass is 248 g/mol. The number of fused-ring (bicyclic) bond motifs is 1. The van der Waals surface area contributed by atoms with Crippen LogP contribution in [0.5, 0.6) is 0 Å². The Morgan fingerprint density at radius 2 is 1.59 bits per heavy atom. The summed E-state index contributed by atoms with van der Waals surface area (Å²) in [7, 11) is -1.81. The fourth-order valence-electron chi connectivity index (χ4n) is 1.61. The molecule has 0 atom stereocenters. The van der Waals surface area contributed by atoms with Gasteiger partial charge in [0.15, 0.2) is 11.0 Å². The molecular formula is C10H13BF4N2. The van der Waals surface area contributed by atoms with Gasteiger partial charge in [0.1, 0.15) is 0 Å². The third kappa shape index (κ3) is 3.47. The quantitative estimate of drug-likeness (QED) is 0.385. The van der Waals surface area contributed by atoms with E-state index in [0.717, 1.165) is 0 Å². The van der Waals surface area contributed by atoms with Crippen molar-refractivity contribution in [2.24, 2.45) is 14.1 Å². The first kappa shape index (κ1) is 13.5. The van der Waals surface area contributed by atoms with Gasteiger partial charge in [0.2, 0.25) is 0 Å². The SMILES string of the molecule is Cc1n(C)c2ccccc2[n+]1C.F[B-](F)(F)F. The minimum absolute atomic E-state index is 1.27. The first-order valence-electron chi connectivity index (χ1n) is 4.99. The molecule has 0 fully saturated rings. The average molecular weight is 248 g/mol. The van der Waals surface area contributed by atoms with Crippen molar-refractivity contribution in [3.63, 3.8) is 0 Å². The van der Waals surface area contributed by atoms with Crippen LogP contribution in [0.1, 0.15) is 5.82 Å². The lowest BCUT2D eigenvalue weighted by molar-refractivity contribution is -0.652. The standard InChI is InChI=1S/C10H13N2.BF4/c1-8-11(2)9-6-4-5-7-10(9)12(8)3;2-1(3,4)5/h4-7H,1-3H3;/q+1;-1. The number of imidazole rings is 1. The van der Waals surface area contributed by atoms with Gasteiger partial charge in [-0.2, -0.15) is 0 Å². The van der Waals surface area contributed by atoms with Crippen molar-refractivity contribution in [2.75, 3.05) is 0 Å². The number of benzene rings is 1. The number of nitrogens with zero attached hydrogens (tertiary/aromatic N) is 2. The van der Waals surface area contributed by atoms with Crippen molar-refractivity contribution >= 4 is 18.3 Å². The van der Waals surface area contributed by atoms with Crippen LogP contribution >= 0.6 is 0 Å². The molecule has 1 aromatic heterocycles. The minimum Gasteiger partial charge on any atom is -0.418 e. The van der Waals surface area contributed by atoms with Gasteiger partial charge in [0, 0.05) is 6.92 Å². The highest BCUT2D eigenvalue weighted by Gasteiger charge is 2.20. The first-order valence-corrected chi connectivity index (χ1v) is 4.99. The zero-order valence-corrected chi connectivity index (χ0v) is 9.79. The number of para-hydroxylation sites is 2. The van der Waals surface area contributed by atoms with Gasteiger partial charge in [-0.15, -0.1) is 0 Å². The van der Waals surface area contributed by atoms with E-state index in [-0.39, 0.29) is 0 Å². The molecule has 0 radical (unpaired) electrons. The van der Waals surface area contributed by atoms with Crippen LogP contribution in [0.25, 0.3) is 11.0 Å². The molecule has 17 heavy (non-hydrogen) atoms. The molecular weight excluding hydrogens is 235 g/mol. The summed E-state index contributed by atoms with van der Waals surface area (Å²) in [5.41, 5.74) is 2.58. The second-order valence-corrected chi connectivity index (χ2v) is 3.65. The number of rotatable bonds is 0. The number of aryl methyl sites for hydroxylation is 2. The molecule has 7 heteroatoms. The fraction of sp³-hybridized carbons (Fsp3) is 0.300. The summed E-state index contributed by atoms with van der Waals surface area (Å²) in [6.07, 6.45) is 0. The second-order valence-electron chi connectivity index (χ2n) is 3.65. The van der Waals surface area contributed by atoms with Crippen LogP contribution < -0.4 is 4.57 Å². The smallest absolute Gasteiger partial charge is 0.418 e. The average Bonchev–Trinajstić information content (AvgIpc) is 2.43. The Morgan fingerprint density at radius 3 is 2.06 bits per heavy atom. The molecule has 0 unspecified atom stereocenters. The molecule has 0 bridgehead atoms. The molecule has 0 aliphatic heterocycles. The minimum atomic E-state index is -6.00. The number of aromatic nitrogens is 2. The summed E-state index contributed by atoms with van der Waals surface area (Å²) in [6.45, 7) is 2.12. The normalized spacial score (nSPS) is 11.2. The van der Waals surface area contributed by atoms with E-state index in [2.05, 4.69) is 54.4 Å². The molecule has 94 valence electrons. The lowest BCUT2D eigenvalue weighted by atomic mass is 10.3. The Bertz CT molecular complexity index is 474. The predicted octanol–water partition coefficient (Wildman–Crippen LogP) is 2.61. The highest BCUT2D eigenvalue weighted by Crippen LogP contribution is 2.10. The highest BCUT2D eigenvalue weighted by molar-refractivity contribution is 6.50. The van der Waals surface area contributed by atoms with Crippen molar-refractivity contribution in [2.45, 2.75) is 6.92 Å². The predicted molar refractivity (Wildman–Crippen MR) is 59.0 cm³/mol. The second kappa shape index (κ2) is 4.77. The zero-order valence-electron chi connectivity index (χ0n) is 9.79. The summed E-state index contributed by atoms with van der Waals surface area (Å²) in [6, 6.07) is 8.42. The summed E-state index contributed by atoms with van der Waals surface area (Å²) in [5.74, 6) is 1.27. The van der Waals surface area contributed by atoms with E-state index >= 15 is 0 Å². The summed E-state index contributed by atoms with van der Waals surface area (Å²) < 4.78 is 43.4. The maximum absolute atomic E-state index is 9.75. The molecule has 2 nitrogen and oxygen atoms in total. The zero-order chi connectivity index (χ0) is 13.2. The number of hydrogen-bond donors (Lipinski definition) is 0. The Balaban J connectivity index is 0.000000249. The fourth-order valence-corrected chi connectivity index (χ4v) is 1.61. The van der Waals surface area contributed by atoms with E-state index in [9.17, 15) is 17.3 Å². The molecule has 0 spiro atoms. The molecule has 0 aliphatic carbocycles. The maximum Gasteiger partial charge on any atom is 0.673 e. The molecule has 0 N–H and O–H groups in total. The summed E-state index contributed by atoms with van der Waals surface area (Å²) in [5, 5.41) is 0. The van der Waals surface area contributed by atoms with E-state index < -0.39 is 7.25 Å². The molecule has 0 aliphatic rings. The van der Waals surface area contributed by atoms with Gasteiger partial charge in [-0.3, -0.25) is 0 Å². The number of hydrogen-bond acceptors (Lipinski definition) is 0. The van der Waals surface area contributed by atoms with Crippen molar-refractivity contribution in [1.82, 2.24) is 4.57 Å². The Kier molecular flexibility index (Phi) is 3.80. The van der Waals surface area contributed by atoms with Crippen LogP contribution in [0.2, 0.25) is 0 Å². The van der Waals surface area contributed by atoms with Gasteiger partial charge in [0.25, 0.3) is 5.82 Å². The third-order valence-electron chi connectivity index (χ3n) is 2.58. The first-order chi connectivity index (χ1) is 7.72. The van der Waals surface area contributed by atoms with Crippen LogP contribution in [-0.2, 0) is 14.1 Å². The molecule has 1 aromatic carbocycles. The largest absolute Gasteiger partial charge is 0.673 e. The molecule has 2 rings (SSSR count). The maximum atomic E-state index is 9.75. The summed E-state index contributed by atoms with van der Waals surface area (Å²) >= 11 is 0. The van der Waals surface area contributed by atoms with E-state index in [1.165, 1.54) is 16.9 Å².